The van der Waals surface area contributed by atoms with Gasteiger partial charge in [-0.15, -0.1) is 0 Å². The van der Waals surface area contributed by atoms with Crippen LogP contribution in [-0.4, -0.2) is 48.5 Å². The number of hydrogen-bond acceptors (Lipinski definition) is 4. The fourth-order valence-corrected chi connectivity index (χ4v) is 4.37. The van der Waals surface area contributed by atoms with Crippen molar-refractivity contribution in [3.05, 3.63) is 71.8 Å². The average molecular weight is 448 g/mol. The van der Waals surface area contributed by atoms with Crippen molar-refractivity contribution < 1.29 is 14.6 Å². The first-order valence-corrected chi connectivity index (χ1v) is 12.2. The quantitative estimate of drug-likeness (QED) is 0.457. The van der Waals surface area contributed by atoms with Gasteiger partial charge in [0.15, 0.2) is 0 Å². The summed E-state index contributed by atoms with van der Waals surface area (Å²) in [5.41, 5.74) is 1.47. The highest BCUT2D eigenvalue weighted by atomic mass is 16.5. The summed E-state index contributed by atoms with van der Waals surface area (Å²) in [6, 6.07) is 20.9. The van der Waals surface area contributed by atoms with Crippen LogP contribution in [0.25, 0.3) is 10.8 Å². The van der Waals surface area contributed by atoms with Gasteiger partial charge in [0.25, 0.3) is 0 Å². The molecule has 176 valence electrons. The second-order valence-electron chi connectivity index (χ2n) is 10.1. The molecule has 1 fully saturated rings. The van der Waals surface area contributed by atoms with E-state index in [0.717, 1.165) is 42.6 Å². The van der Waals surface area contributed by atoms with Gasteiger partial charge >= 0.3 is 0 Å². The van der Waals surface area contributed by atoms with Gasteiger partial charge in [-0.1, -0.05) is 49.4 Å². The lowest BCUT2D eigenvalue weighted by atomic mass is 9.97. The largest absolute Gasteiger partial charge is 0.492 e. The van der Waals surface area contributed by atoms with Gasteiger partial charge in [0, 0.05) is 18.5 Å². The zero-order valence-electron chi connectivity index (χ0n) is 20.2. The Labute approximate surface area is 198 Å². The van der Waals surface area contributed by atoms with Crippen molar-refractivity contribution in [3.63, 3.8) is 0 Å². The minimum Gasteiger partial charge on any atom is -0.492 e. The van der Waals surface area contributed by atoms with E-state index in [1.54, 1.807) is 13.8 Å². The molecular weight excluding hydrogens is 410 g/mol. The van der Waals surface area contributed by atoms with Crippen molar-refractivity contribution in [2.75, 3.05) is 32.8 Å². The molecule has 0 bridgehead atoms. The maximum atomic E-state index is 10.1. The van der Waals surface area contributed by atoms with Gasteiger partial charge in [0.2, 0.25) is 0 Å². The third-order valence-electron chi connectivity index (χ3n) is 6.44. The number of likely N-dealkylation sites (tertiary alicyclic amines) is 1. The Balaban J connectivity index is 1.42. The first-order chi connectivity index (χ1) is 15.9. The maximum absolute atomic E-state index is 10.1. The summed E-state index contributed by atoms with van der Waals surface area (Å²) in [6.07, 6.45) is 3.35. The van der Waals surface area contributed by atoms with Crippen LogP contribution in [0, 0.1) is 5.92 Å². The van der Waals surface area contributed by atoms with Crippen molar-refractivity contribution in [2.45, 2.75) is 45.6 Å². The summed E-state index contributed by atoms with van der Waals surface area (Å²) in [4.78, 5) is 2.50. The fraction of sp³-hybridized carbons (Fsp3) is 0.448. The number of aliphatic hydroxyl groups is 1. The normalized spacial score (nSPS) is 15.6. The summed E-state index contributed by atoms with van der Waals surface area (Å²) in [5, 5.41) is 12.5. The molecule has 1 heterocycles. The lowest BCUT2D eigenvalue weighted by Gasteiger charge is -2.29. The fourth-order valence-electron chi connectivity index (χ4n) is 4.37. The SMILES string of the molecule is CC1CCN(CCOc2ccc(Cc3c(OCC(C)(C)O)ccc4ccccc34)cc2)CC1. The Morgan fingerprint density at radius 1 is 0.939 bits per heavy atom. The number of ether oxygens (including phenoxy) is 2. The van der Waals surface area contributed by atoms with Gasteiger partial charge in [-0.2, -0.15) is 0 Å². The molecule has 0 spiro atoms. The van der Waals surface area contributed by atoms with Gasteiger partial charge in [0.1, 0.15) is 24.7 Å². The molecule has 1 aliphatic heterocycles. The molecule has 0 saturated carbocycles. The van der Waals surface area contributed by atoms with Crippen LogP contribution in [-0.2, 0) is 6.42 Å². The van der Waals surface area contributed by atoms with Crippen LogP contribution in [0.1, 0.15) is 44.7 Å². The Bertz CT molecular complexity index is 1030. The Morgan fingerprint density at radius 3 is 2.39 bits per heavy atom. The first-order valence-electron chi connectivity index (χ1n) is 12.2. The number of benzene rings is 3. The molecular formula is C29H37NO3. The topological polar surface area (TPSA) is 41.9 Å². The van der Waals surface area contributed by atoms with Gasteiger partial charge in [-0.3, -0.25) is 4.90 Å². The molecule has 4 nitrogen and oxygen atoms in total. The Hall–Kier alpha value is -2.56. The first kappa shape index (κ1) is 23.6. The van der Waals surface area contributed by atoms with Gasteiger partial charge in [-0.25, -0.2) is 0 Å². The van der Waals surface area contributed by atoms with Crippen LogP contribution in [0.3, 0.4) is 0 Å². The molecule has 3 aromatic carbocycles. The summed E-state index contributed by atoms with van der Waals surface area (Å²) >= 11 is 0. The molecule has 4 heteroatoms. The highest BCUT2D eigenvalue weighted by Gasteiger charge is 2.17. The van der Waals surface area contributed by atoms with Crippen LogP contribution in [0.2, 0.25) is 0 Å². The number of fused-ring (bicyclic) bond motifs is 1. The molecule has 1 N–H and O–H groups in total. The van der Waals surface area contributed by atoms with Gasteiger partial charge < -0.3 is 14.6 Å². The number of piperidine rings is 1. The van der Waals surface area contributed by atoms with E-state index in [1.807, 2.05) is 6.07 Å². The van der Waals surface area contributed by atoms with E-state index in [9.17, 15) is 5.11 Å². The number of hydrogen-bond donors (Lipinski definition) is 1. The van der Waals surface area contributed by atoms with E-state index >= 15 is 0 Å². The van der Waals surface area contributed by atoms with E-state index in [-0.39, 0.29) is 6.61 Å². The second-order valence-corrected chi connectivity index (χ2v) is 10.1. The zero-order valence-corrected chi connectivity index (χ0v) is 20.2. The molecule has 0 aromatic heterocycles. The lowest BCUT2D eigenvalue weighted by Crippen LogP contribution is -2.35. The number of rotatable bonds is 9. The summed E-state index contributed by atoms with van der Waals surface area (Å²) in [7, 11) is 0. The van der Waals surface area contributed by atoms with E-state index < -0.39 is 5.60 Å². The van der Waals surface area contributed by atoms with E-state index in [1.165, 1.54) is 42.3 Å². The summed E-state index contributed by atoms with van der Waals surface area (Å²) < 4.78 is 12.1. The minimum atomic E-state index is -0.881. The van der Waals surface area contributed by atoms with Crippen LogP contribution >= 0.6 is 0 Å². The average Bonchev–Trinajstić information content (AvgIpc) is 2.80. The van der Waals surface area contributed by atoms with Crippen LogP contribution < -0.4 is 9.47 Å². The molecule has 1 saturated heterocycles. The Kier molecular flexibility index (Phi) is 7.56. The highest BCUT2D eigenvalue weighted by molar-refractivity contribution is 5.88. The molecule has 0 radical (unpaired) electrons. The second kappa shape index (κ2) is 10.6. The predicted molar refractivity (Wildman–Crippen MR) is 135 cm³/mol. The van der Waals surface area contributed by atoms with Crippen molar-refractivity contribution >= 4 is 10.8 Å². The Morgan fingerprint density at radius 2 is 1.67 bits per heavy atom. The van der Waals surface area contributed by atoms with Gasteiger partial charge in [-0.05, 0) is 80.2 Å². The molecule has 0 amide bonds. The molecule has 4 rings (SSSR count). The van der Waals surface area contributed by atoms with Crippen molar-refractivity contribution in [1.82, 2.24) is 4.90 Å². The van der Waals surface area contributed by atoms with E-state index in [2.05, 4.69) is 66.4 Å². The third kappa shape index (κ3) is 6.72. The van der Waals surface area contributed by atoms with Crippen molar-refractivity contribution in [1.29, 1.82) is 0 Å². The molecule has 1 aliphatic rings. The maximum Gasteiger partial charge on any atom is 0.123 e. The predicted octanol–water partition coefficient (Wildman–Crippen LogP) is 5.69. The molecule has 3 aromatic rings. The smallest absolute Gasteiger partial charge is 0.123 e. The van der Waals surface area contributed by atoms with Crippen LogP contribution in [0.15, 0.2) is 60.7 Å². The molecule has 0 atom stereocenters. The van der Waals surface area contributed by atoms with E-state index in [4.69, 9.17) is 9.47 Å². The summed E-state index contributed by atoms with van der Waals surface area (Å²) in [6.45, 7) is 10.2. The molecule has 0 unspecified atom stereocenters. The zero-order chi connectivity index (χ0) is 23.3. The van der Waals surface area contributed by atoms with E-state index in [0.29, 0.717) is 0 Å². The third-order valence-corrected chi connectivity index (χ3v) is 6.44. The monoisotopic (exact) mass is 447 g/mol. The summed E-state index contributed by atoms with van der Waals surface area (Å²) in [5.74, 6) is 2.60. The number of nitrogens with zero attached hydrogens (tertiary/aromatic N) is 1. The van der Waals surface area contributed by atoms with Crippen molar-refractivity contribution in [3.8, 4) is 11.5 Å². The molecule has 33 heavy (non-hydrogen) atoms. The highest BCUT2D eigenvalue weighted by Crippen LogP contribution is 2.31. The van der Waals surface area contributed by atoms with Crippen LogP contribution in [0.5, 0.6) is 11.5 Å². The standard InChI is InChI=1S/C29H37NO3/c1-22-14-16-30(17-15-22)18-19-32-25-11-8-23(9-12-25)20-27-26-7-5-4-6-24(26)10-13-28(27)33-21-29(2,3)31/h4-13,22,31H,14-21H2,1-3H3. The van der Waals surface area contributed by atoms with Crippen molar-refractivity contribution in [2.24, 2.45) is 5.92 Å². The lowest BCUT2D eigenvalue weighted by molar-refractivity contribution is 0.0282. The van der Waals surface area contributed by atoms with Gasteiger partial charge in [0.05, 0.1) is 5.60 Å². The van der Waals surface area contributed by atoms with Crippen LogP contribution in [0.4, 0.5) is 0 Å². The molecule has 0 aliphatic carbocycles. The minimum absolute atomic E-state index is 0.251.